The normalized spacial score (nSPS) is 18.1. The minimum Gasteiger partial charge on any atom is -0.497 e. The minimum atomic E-state index is -0.438. The Morgan fingerprint density at radius 1 is 1.32 bits per heavy atom. The van der Waals surface area contributed by atoms with Gasteiger partial charge in [-0.2, -0.15) is 5.26 Å². The van der Waals surface area contributed by atoms with E-state index in [2.05, 4.69) is 6.07 Å². The highest BCUT2D eigenvalue weighted by molar-refractivity contribution is 5.49. The van der Waals surface area contributed by atoms with Gasteiger partial charge in [-0.25, -0.2) is 0 Å². The predicted molar refractivity (Wildman–Crippen MR) is 73.1 cm³/mol. The molecule has 1 aliphatic carbocycles. The fourth-order valence-corrected chi connectivity index (χ4v) is 2.75. The largest absolute Gasteiger partial charge is 0.497 e. The summed E-state index contributed by atoms with van der Waals surface area (Å²) in [6.07, 6.45) is 2.79. The summed E-state index contributed by atoms with van der Waals surface area (Å²) < 4.78 is 10.7. The summed E-state index contributed by atoms with van der Waals surface area (Å²) in [7, 11) is 3.24. The van der Waals surface area contributed by atoms with Crippen LogP contribution in [0.15, 0.2) is 12.1 Å². The fourth-order valence-electron chi connectivity index (χ4n) is 2.75. The van der Waals surface area contributed by atoms with Crippen LogP contribution in [0.25, 0.3) is 0 Å². The van der Waals surface area contributed by atoms with E-state index in [0.717, 1.165) is 36.1 Å². The van der Waals surface area contributed by atoms with Crippen molar-refractivity contribution in [3.63, 3.8) is 0 Å². The molecule has 102 valence electrons. The van der Waals surface area contributed by atoms with Crippen LogP contribution in [0.2, 0.25) is 0 Å². The molecule has 1 unspecified atom stereocenters. The van der Waals surface area contributed by atoms with Crippen LogP contribution in [-0.4, -0.2) is 14.2 Å². The van der Waals surface area contributed by atoms with Crippen LogP contribution in [0, 0.1) is 23.7 Å². The van der Waals surface area contributed by atoms with Crippen LogP contribution < -0.4 is 15.2 Å². The molecular formula is C15H20N2O2. The third-order valence-corrected chi connectivity index (χ3v) is 4.15. The molecule has 0 aromatic heterocycles. The van der Waals surface area contributed by atoms with E-state index >= 15 is 0 Å². The van der Waals surface area contributed by atoms with Gasteiger partial charge in [0.1, 0.15) is 11.5 Å². The van der Waals surface area contributed by atoms with E-state index in [4.69, 9.17) is 15.2 Å². The Bertz CT molecular complexity index is 516. The number of nitrogens with two attached hydrogens (primary N) is 1. The first-order valence-corrected chi connectivity index (χ1v) is 6.47. The van der Waals surface area contributed by atoms with Gasteiger partial charge in [0.25, 0.3) is 0 Å². The molecule has 0 bridgehead atoms. The number of benzene rings is 1. The van der Waals surface area contributed by atoms with Crippen molar-refractivity contribution in [1.82, 2.24) is 0 Å². The molecule has 19 heavy (non-hydrogen) atoms. The van der Waals surface area contributed by atoms with Gasteiger partial charge >= 0.3 is 0 Å². The lowest BCUT2D eigenvalue weighted by Gasteiger charge is -2.41. The first-order valence-electron chi connectivity index (χ1n) is 6.47. The molecule has 0 radical (unpaired) electrons. The number of methoxy groups -OCH3 is 2. The molecule has 1 fully saturated rings. The Labute approximate surface area is 114 Å². The molecule has 1 atom stereocenters. The SMILES string of the molecule is COc1cc(C)c(C(N)C2(C#N)CCC2)c(OC)c1. The molecule has 2 N–H and O–H groups in total. The van der Waals surface area contributed by atoms with Crippen LogP contribution in [0.3, 0.4) is 0 Å². The van der Waals surface area contributed by atoms with Crippen molar-refractivity contribution in [2.24, 2.45) is 11.1 Å². The van der Waals surface area contributed by atoms with Crippen LogP contribution >= 0.6 is 0 Å². The molecule has 0 spiro atoms. The number of rotatable bonds is 4. The average Bonchev–Trinajstić information content (AvgIpc) is 2.36. The zero-order chi connectivity index (χ0) is 14.0. The number of hydrogen-bond donors (Lipinski definition) is 1. The first kappa shape index (κ1) is 13.7. The van der Waals surface area contributed by atoms with Crippen molar-refractivity contribution in [1.29, 1.82) is 5.26 Å². The van der Waals surface area contributed by atoms with Gasteiger partial charge in [0, 0.05) is 11.6 Å². The van der Waals surface area contributed by atoms with Gasteiger partial charge in [-0.15, -0.1) is 0 Å². The molecule has 1 aromatic carbocycles. The first-order chi connectivity index (χ1) is 9.07. The van der Waals surface area contributed by atoms with Crippen LogP contribution in [-0.2, 0) is 0 Å². The number of ether oxygens (including phenoxy) is 2. The van der Waals surface area contributed by atoms with E-state index in [1.54, 1.807) is 14.2 Å². The molecule has 2 rings (SSSR count). The summed E-state index contributed by atoms with van der Waals surface area (Å²) in [4.78, 5) is 0. The number of nitriles is 1. The second-order valence-corrected chi connectivity index (χ2v) is 5.16. The highest BCUT2D eigenvalue weighted by atomic mass is 16.5. The smallest absolute Gasteiger partial charge is 0.127 e. The van der Waals surface area contributed by atoms with Crippen molar-refractivity contribution in [3.05, 3.63) is 23.3 Å². The van der Waals surface area contributed by atoms with Gasteiger partial charge in [-0.1, -0.05) is 6.42 Å². The molecule has 0 heterocycles. The Hall–Kier alpha value is -1.73. The maximum absolute atomic E-state index is 9.43. The predicted octanol–water partition coefficient (Wildman–Crippen LogP) is 2.71. The molecule has 1 aromatic rings. The van der Waals surface area contributed by atoms with E-state index in [0.29, 0.717) is 5.75 Å². The lowest BCUT2D eigenvalue weighted by atomic mass is 9.63. The van der Waals surface area contributed by atoms with E-state index < -0.39 is 5.41 Å². The number of aryl methyl sites for hydroxylation is 1. The van der Waals surface area contributed by atoms with E-state index in [9.17, 15) is 5.26 Å². The van der Waals surface area contributed by atoms with Crippen LogP contribution in [0.1, 0.15) is 36.4 Å². The zero-order valence-electron chi connectivity index (χ0n) is 11.7. The van der Waals surface area contributed by atoms with Crippen molar-refractivity contribution in [3.8, 4) is 17.6 Å². The maximum atomic E-state index is 9.43. The van der Waals surface area contributed by atoms with Gasteiger partial charge in [0.05, 0.1) is 31.7 Å². The van der Waals surface area contributed by atoms with Crippen molar-refractivity contribution in [2.45, 2.75) is 32.2 Å². The van der Waals surface area contributed by atoms with Gasteiger partial charge in [-0.3, -0.25) is 0 Å². The third-order valence-electron chi connectivity index (χ3n) is 4.15. The highest BCUT2D eigenvalue weighted by Gasteiger charge is 2.45. The summed E-state index contributed by atoms with van der Waals surface area (Å²) in [5.41, 5.74) is 7.86. The second-order valence-electron chi connectivity index (χ2n) is 5.16. The monoisotopic (exact) mass is 260 g/mol. The minimum absolute atomic E-state index is 0.313. The van der Waals surface area contributed by atoms with Crippen molar-refractivity contribution < 1.29 is 9.47 Å². The quantitative estimate of drug-likeness (QED) is 0.903. The highest BCUT2D eigenvalue weighted by Crippen LogP contribution is 2.51. The molecule has 0 aliphatic heterocycles. The van der Waals surface area contributed by atoms with Gasteiger partial charge in [0.2, 0.25) is 0 Å². The molecule has 0 saturated heterocycles. The fraction of sp³-hybridized carbons (Fsp3) is 0.533. The Morgan fingerprint density at radius 3 is 2.42 bits per heavy atom. The Morgan fingerprint density at radius 2 is 2.00 bits per heavy atom. The summed E-state index contributed by atoms with van der Waals surface area (Å²) in [5, 5.41) is 9.43. The van der Waals surface area contributed by atoms with Gasteiger partial charge in [0.15, 0.2) is 0 Å². The lowest BCUT2D eigenvalue weighted by molar-refractivity contribution is 0.166. The Kier molecular flexibility index (Phi) is 3.68. The molecule has 0 amide bonds. The number of nitrogens with zero attached hydrogens (tertiary/aromatic N) is 1. The van der Waals surface area contributed by atoms with Crippen LogP contribution in [0.5, 0.6) is 11.5 Å². The number of hydrogen-bond acceptors (Lipinski definition) is 4. The zero-order valence-corrected chi connectivity index (χ0v) is 11.7. The summed E-state index contributed by atoms with van der Waals surface area (Å²) >= 11 is 0. The van der Waals surface area contributed by atoms with E-state index in [-0.39, 0.29) is 6.04 Å². The molecule has 1 saturated carbocycles. The van der Waals surface area contributed by atoms with Crippen molar-refractivity contribution >= 4 is 0 Å². The standard InChI is InChI=1S/C15H20N2O2/c1-10-7-11(18-2)8-12(19-3)13(10)14(17)15(9-16)5-4-6-15/h7-8,14H,4-6,17H2,1-3H3. The third kappa shape index (κ3) is 2.15. The summed E-state index contributed by atoms with van der Waals surface area (Å²) in [5.74, 6) is 1.44. The topological polar surface area (TPSA) is 68.3 Å². The molecule has 4 nitrogen and oxygen atoms in total. The molecule has 4 heteroatoms. The maximum Gasteiger partial charge on any atom is 0.127 e. The van der Waals surface area contributed by atoms with Gasteiger partial charge < -0.3 is 15.2 Å². The lowest BCUT2D eigenvalue weighted by Crippen LogP contribution is -2.39. The molecule has 1 aliphatic rings. The van der Waals surface area contributed by atoms with Gasteiger partial charge in [-0.05, 0) is 31.4 Å². The van der Waals surface area contributed by atoms with E-state index in [1.165, 1.54) is 0 Å². The second kappa shape index (κ2) is 5.10. The van der Waals surface area contributed by atoms with Crippen molar-refractivity contribution in [2.75, 3.05) is 14.2 Å². The summed E-state index contributed by atoms with van der Waals surface area (Å²) in [6, 6.07) is 5.85. The Balaban J connectivity index is 2.47. The average molecular weight is 260 g/mol. The molecular weight excluding hydrogens is 240 g/mol. The van der Waals surface area contributed by atoms with E-state index in [1.807, 2.05) is 19.1 Å². The van der Waals surface area contributed by atoms with Crippen LogP contribution in [0.4, 0.5) is 0 Å². The summed E-state index contributed by atoms with van der Waals surface area (Å²) in [6.45, 7) is 1.98.